The molecule has 2 amide bonds. The number of nitrogens with one attached hydrogen (secondary N) is 2. The molecule has 0 bridgehead atoms. The zero-order valence-electron chi connectivity index (χ0n) is 30.6. The van der Waals surface area contributed by atoms with Crippen LogP contribution in [0.2, 0.25) is 0 Å². The van der Waals surface area contributed by atoms with Crippen LogP contribution < -0.4 is 10.6 Å². The van der Waals surface area contributed by atoms with Gasteiger partial charge in [0.25, 0.3) is 0 Å². The van der Waals surface area contributed by atoms with Gasteiger partial charge in [0.2, 0.25) is 23.9 Å². The minimum atomic E-state index is -5.47. The number of aliphatic carboxylic acids is 2. The first kappa shape index (κ1) is 49.3. The van der Waals surface area contributed by atoms with E-state index in [1.54, 1.807) is 0 Å². The Morgan fingerprint density at radius 2 is 1.27 bits per heavy atom. The Hall–Kier alpha value is -3.36. The predicted molar refractivity (Wildman–Crippen MR) is 177 cm³/mol. The molecule has 0 unspecified atom stereocenters. The summed E-state index contributed by atoms with van der Waals surface area (Å²) < 4.78 is 112. The van der Waals surface area contributed by atoms with Crippen LogP contribution in [0.15, 0.2) is 11.8 Å². The third kappa shape index (κ3) is 12.2. The van der Waals surface area contributed by atoms with Gasteiger partial charge in [0.15, 0.2) is 25.0 Å². The molecule has 0 aromatic heterocycles. The Morgan fingerprint density at radius 1 is 0.683 bits per heavy atom. The van der Waals surface area contributed by atoms with Gasteiger partial charge in [-0.15, -0.1) is 0 Å². The van der Waals surface area contributed by atoms with Crippen LogP contribution in [0.3, 0.4) is 0 Å². The number of rotatable bonds is 16. The minimum absolute atomic E-state index is 0.572. The molecule has 0 aliphatic carbocycles. The van der Waals surface area contributed by atoms with E-state index in [2.05, 4.69) is 19.0 Å². The van der Waals surface area contributed by atoms with Gasteiger partial charge in [0, 0.05) is 13.8 Å². The van der Waals surface area contributed by atoms with E-state index in [4.69, 9.17) is 33.2 Å². The van der Waals surface area contributed by atoms with Gasteiger partial charge < -0.3 is 89.8 Å². The number of hydrogen-bond donors (Lipinski definition) is 13. The Bertz CT molecular complexity index is 1820. The van der Waals surface area contributed by atoms with Crippen molar-refractivity contribution in [3.63, 3.8) is 0 Å². The summed E-state index contributed by atoms with van der Waals surface area (Å²) in [6, 6.07) is -3.88. The largest absolute Gasteiger partial charge is 0.479 e. The number of amides is 2. The molecule has 60 heavy (non-hydrogen) atoms. The van der Waals surface area contributed by atoms with Crippen LogP contribution in [0.1, 0.15) is 13.8 Å². The van der Waals surface area contributed by atoms with Crippen LogP contribution in [-0.2, 0) is 81.5 Å². The highest BCUT2D eigenvalue weighted by atomic mass is 32.3. The van der Waals surface area contributed by atoms with Crippen molar-refractivity contribution in [3.8, 4) is 0 Å². The first-order valence-electron chi connectivity index (χ1n) is 17.0. The molecule has 344 valence electrons. The normalized spacial score (nSPS) is 40.1. The molecule has 4 heterocycles. The van der Waals surface area contributed by atoms with Gasteiger partial charge in [0.1, 0.15) is 79.2 Å². The SMILES string of the molecule is CC(=O)N[C@@H]1[C@@H](O[C@@H]2O[C@H](C(=O)O)[C@@H](O[C@@H]3O[C@H](COS(=O)(=O)O)[C@H](O)[C@H](O[C@@H]4OC(C(=O)O)=C[C@H](O)[C@H]4O)[C@H]3NC(C)=O)[C@H](O)[C@H]2O)[C@@H](OS(=O)(=O)O)[C@@H](CO)O[C@H]1O. The average molecular weight is 919 g/mol. The summed E-state index contributed by atoms with van der Waals surface area (Å²) in [6.07, 6.45) is -35.2. The van der Waals surface area contributed by atoms with Gasteiger partial charge in [-0.05, 0) is 6.08 Å². The van der Waals surface area contributed by atoms with Gasteiger partial charge in [-0.3, -0.25) is 18.7 Å². The number of ether oxygens (including phenoxy) is 7. The first-order chi connectivity index (χ1) is 27.7. The zero-order chi connectivity index (χ0) is 45.2. The van der Waals surface area contributed by atoms with Crippen molar-refractivity contribution in [1.29, 1.82) is 0 Å². The molecule has 3 fully saturated rings. The summed E-state index contributed by atoms with van der Waals surface area (Å²) in [5.41, 5.74) is 0. The molecule has 32 heteroatoms. The molecule has 4 aliphatic heterocycles. The van der Waals surface area contributed by atoms with E-state index < -0.39 is 174 Å². The van der Waals surface area contributed by atoms with Crippen molar-refractivity contribution < 1.29 is 133 Å². The smallest absolute Gasteiger partial charge is 0.397 e. The first-order valence-corrected chi connectivity index (χ1v) is 19.7. The Labute approximate surface area is 336 Å². The van der Waals surface area contributed by atoms with Gasteiger partial charge in [0.05, 0.1) is 13.2 Å². The number of hydrogen-bond acceptors (Lipinski definition) is 24. The molecular weight excluding hydrogens is 876 g/mol. The van der Waals surface area contributed by atoms with Crippen LogP contribution in [0.5, 0.6) is 0 Å². The Morgan fingerprint density at radius 3 is 1.80 bits per heavy atom. The van der Waals surface area contributed by atoms with Gasteiger partial charge in [-0.1, -0.05) is 0 Å². The zero-order valence-corrected chi connectivity index (χ0v) is 32.2. The summed E-state index contributed by atoms with van der Waals surface area (Å²) in [4.78, 5) is 48.6. The minimum Gasteiger partial charge on any atom is -0.479 e. The number of carboxylic acid groups (broad SMARTS) is 2. The van der Waals surface area contributed by atoms with E-state index >= 15 is 0 Å². The topological polar surface area (TPSA) is 466 Å². The Balaban J connectivity index is 1.71. The van der Waals surface area contributed by atoms with Crippen molar-refractivity contribution in [2.24, 2.45) is 0 Å². The van der Waals surface area contributed by atoms with Gasteiger partial charge in [-0.2, -0.15) is 16.8 Å². The fourth-order valence-electron chi connectivity index (χ4n) is 6.39. The maximum atomic E-state index is 12.6. The number of carbonyl (C=O) groups excluding carboxylic acids is 2. The summed E-state index contributed by atoms with van der Waals surface area (Å²) in [5.74, 6) is -6.72. The van der Waals surface area contributed by atoms with Gasteiger partial charge in [-0.25, -0.2) is 18.0 Å². The highest BCUT2D eigenvalue weighted by Gasteiger charge is 2.57. The summed E-state index contributed by atoms with van der Waals surface area (Å²) in [5, 5.41) is 98.7. The molecule has 0 spiro atoms. The average Bonchev–Trinajstić information content (AvgIpc) is 3.12. The number of carboxylic acids is 2. The molecule has 0 aromatic rings. The Kier molecular flexibility index (Phi) is 16.3. The number of aliphatic hydroxyl groups is 7. The molecule has 3 saturated heterocycles. The molecule has 0 saturated carbocycles. The molecule has 4 aliphatic rings. The summed E-state index contributed by atoms with van der Waals surface area (Å²) in [7, 11) is -10.8. The predicted octanol–water partition coefficient (Wildman–Crippen LogP) is -8.47. The van der Waals surface area contributed by atoms with E-state index in [1.807, 2.05) is 0 Å². The second-order valence-corrected chi connectivity index (χ2v) is 15.4. The highest BCUT2D eigenvalue weighted by molar-refractivity contribution is 7.81. The van der Waals surface area contributed by atoms with Crippen molar-refractivity contribution >= 4 is 44.6 Å². The number of carbonyl (C=O) groups is 4. The maximum absolute atomic E-state index is 12.6. The second kappa shape index (κ2) is 19.8. The standard InChI is InChI=1S/C28H42N2O28S2/c1-6(32)29-12-20(18(58-60(47,48)49)10(4-31)51-25(12)43)55-28-17(38)16(37)21(22(57-28)24(41)42)56-26-13(30-7(2)33)19(15(36)11(53-26)5-50-59(44,45)46)54-27-14(35)8(34)3-9(52-27)23(39)40/h3,8,10-22,25-28,31,34-38,43H,4-5H2,1-2H3,(H,29,32)(H,30,33)(H,39,40)(H,41,42)(H,44,45,46)(H,47,48,49)/t8-,10+,11+,12+,13+,14+,15-,16+,17+,18-,19+,20+,21-,22-,25+,26-,27-,28+/m0/s1. The lowest BCUT2D eigenvalue weighted by Gasteiger charge is -2.49. The van der Waals surface area contributed by atoms with E-state index in [9.17, 15) is 91.1 Å². The third-order valence-electron chi connectivity index (χ3n) is 8.94. The fraction of sp³-hybridized carbons (Fsp3) is 0.786. The second-order valence-electron chi connectivity index (χ2n) is 13.3. The highest BCUT2D eigenvalue weighted by Crippen LogP contribution is 2.35. The fourth-order valence-corrected chi connectivity index (χ4v) is 7.21. The lowest BCUT2D eigenvalue weighted by Crippen LogP contribution is -2.70. The molecule has 30 nitrogen and oxygen atoms in total. The molecule has 18 atom stereocenters. The van der Waals surface area contributed by atoms with E-state index in [1.165, 1.54) is 0 Å². The summed E-state index contributed by atoms with van der Waals surface area (Å²) in [6.45, 7) is -0.680. The van der Waals surface area contributed by atoms with Crippen LogP contribution in [0.4, 0.5) is 0 Å². The van der Waals surface area contributed by atoms with Crippen molar-refractivity contribution in [1.82, 2.24) is 10.6 Å². The van der Waals surface area contributed by atoms with Crippen LogP contribution in [0, 0.1) is 0 Å². The van der Waals surface area contributed by atoms with Gasteiger partial charge >= 0.3 is 32.7 Å². The lowest BCUT2D eigenvalue weighted by molar-refractivity contribution is -0.362. The molecule has 0 aromatic carbocycles. The van der Waals surface area contributed by atoms with Crippen LogP contribution in [0.25, 0.3) is 0 Å². The summed E-state index contributed by atoms with van der Waals surface area (Å²) >= 11 is 0. The molecule has 0 radical (unpaired) electrons. The molecule has 13 N–H and O–H groups in total. The molecule has 4 rings (SSSR count). The van der Waals surface area contributed by atoms with Crippen LogP contribution in [-0.4, -0.2) is 219 Å². The van der Waals surface area contributed by atoms with Crippen molar-refractivity contribution in [3.05, 3.63) is 11.8 Å². The van der Waals surface area contributed by atoms with E-state index in [0.29, 0.717) is 6.08 Å². The van der Waals surface area contributed by atoms with E-state index in [-0.39, 0.29) is 0 Å². The molecular formula is C28H42N2O28S2. The third-order valence-corrected chi connectivity index (χ3v) is 9.84. The van der Waals surface area contributed by atoms with Crippen molar-refractivity contribution in [2.75, 3.05) is 13.2 Å². The quantitative estimate of drug-likeness (QED) is 0.0639. The van der Waals surface area contributed by atoms with Crippen LogP contribution >= 0.6 is 0 Å². The van der Waals surface area contributed by atoms with E-state index in [0.717, 1.165) is 13.8 Å². The maximum Gasteiger partial charge on any atom is 0.397 e. The lowest BCUT2D eigenvalue weighted by atomic mass is 9.94. The number of aliphatic hydroxyl groups excluding tert-OH is 7. The monoisotopic (exact) mass is 918 g/mol. The van der Waals surface area contributed by atoms with Crippen molar-refractivity contribution in [2.45, 2.75) is 124 Å².